The fourth-order valence-corrected chi connectivity index (χ4v) is 4.00. The van der Waals surface area contributed by atoms with Crippen LogP contribution in [0.3, 0.4) is 0 Å². The molecular formula is C17H18Cl2N2O3S. The number of nitrogens with zero attached hydrogens (tertiary/aromatic N) is 1. The summed E-state index contributed by atoms with van der Waals surface area (Å²) in [4.78, 5) is 2.37. The molecule has 0 radical (unpaired) electrons. The van der Waals surface area contributed by atoms with Gasteiger partial charge in [-0.25, -0.2) is 8.42 Å². The summed E-state index contributed by atoms with van der Waals surface area (Å²) in [7, 11) is -3.71. The monoisotopic (exact) mass is 400 g/mol. The van der Waals surface area contributed by atoms with E-state index in [1.165, 1.54) is 18.2 Å². The van der Waals surface area contributed by atoms with E-state index < -0.39 is 10.0 Å². The van der Waals surface area contributed by atoms with E-state index >= 15 is 0 Å². The van der Waals surface area contributed by atoms with Crippen LogP contribution in [0.1, 0.15) is 5.56 Å². The van der Waals surface area contributed by atoms with E-state index in [0.717, 1.165) is 38.4 Å². The van der Waals surface area contributed by atoms with Crippen LogP contribution in [0.5, 0.6) is 0 Å². The molecule has 0 atom stereocenters. The van der Waals surface area contributed by atoms with Crippen LogP contribution in [0.15, 0.2) is 47.4 Å². The average molecular weight is 401 g/mol. The standard InChI is InChI=1S/C17H18Cl2N2O3S/c18-16-6-5-15(11-17(16)19)25(22,23)20-14-3-1-13(2-4-14)12-21-7-9-24-10-8-21/h1-6,11,20H,7-10,12H2. The topological polar surface area (TPSA) is 58.6 Å². The van der Waals surface area contributed by atoms with Gasteiger partial charge < -0.3 is 4.74 Å². The van der Waals surface area contributed by atoms with Crippen LogP contribution in [0.2, 0.25) is 10.0 Å². The van der Waals surface area contributed by atoms with Gasteiger partial charge in [-0.05, 0) is 35.9 Å². The minimum Gasteiger partial charge on any atom is -0.379 e. The molecule has 1 heterocycles. The number of nitrogens with one attached hydrogen (secondary N) is 1. The van der Waals surface area contributed by atoms with E-state index in [2.05, 4.69) is 9.62 Å². The maximum atomic E-state index is 12.4. The first-order valence-electron chi connectivity index (χ1n) is 7.81. The van der Waals surface area contributed by atoms with E-state index in [0.29, 0.717) is 10.7 Å². The molecule has 2 aromatic rings. The number of anilines is 1. The molecule has 0 bridgehead atoms. The highest BCUT2D eigenvalue weighted by Gasteiger charge is 2.16. The van der Waals surface area contributed by atoms with Crippen LogP contribution in [0.25, 0.3) is 0 Å². The Morgan fingerprint density at radius 1 is 1.00 bits per heavy atom. The summed E-state index contributed by atoms with van der Waals surface area (Å²) in [5.41, 5.74) is 1.62. The summed E-state index contributed by atoms with van der Waals surface area (Å²) in [5.74, 6) is 0. The van der Waals surface area contributed by atoms with Gasteiger partial charge in [0, 0.05) is 25.3 Å². The quantitative estimate of drug-likeness (QED) is 0.832. The first-order valence-corrected chi connectivity index (χ1v) is 10.0. The summed E-state index contributed by atoms with van der Waals surface area (Å²) < 4.78 is 32.7. The molecule has 0 unspecified atom stereocenters. The SMILES string of the molecule is O=S(=O)(Nc1ccc(CN2CCOCC2)cc1)c1ccc(Cl)c(Cl)c1. The van der Waals surface area contributed by atoms with Gasteiger partial charge in [-0.3, -0.25) is 9.62 Å². The van der Waals surface area contributed by atoms with Crippen molar-refractivity contribution in [2.45, 2.75) is 11.4 Å². The Kier molecular flexibility index (Phi) is 5.86. The molecule has 1 aliphatic heterocycles. The average Bonchev–Trinajstić information content (AvgIpc) is 2.60. The molecule has 1 N–H and O–H groups in total. The lowest BCUT2D eigenvalue weighted by molar-refractivity contribution is 0.0342. The lowest BCUT2D eigenvalue weighted by atomic mass is 10.2. The van der Waals surface area contributed by atoms with Gasteiger partial charge in [0.1, 0.15) is 0 Å². The van der Waals surface area contributed by atoms with Crippen molar-refractivity contribution < 1.29 is 13.2 Å². The lowest BCUT2D eigenvalue weighted by Crippen LogP contribution is -2.35. The minimum absolute atomic E-state index is 0.0688. The summed E-state index contributed by atoms with van der Waals surface area (Å²) in [6.45, 7) is 4.14. The molecule has 0 spiro atoms. The number of benzene rings is 2. The maximum Gasteiger partial charge on any atom is 0.261 e. The fraction of sp³-hybridized carbons (Fsp3) is 0.294. The first-order chi connectivity index (χ1) is 11.9. The first kappa shape index (κ1) is 18.5. The van der Waals surface area contributed by atoms with Crippen LogP contribution >= 0.6 is 23.2 Å². The second kappa shape index (κ2) is 7.93. The van der Waals surface area contributed by atoms with E-state index in [1.54, 1.807) is 12.1 Å². The maximum absolute atomic E-state index is 12.4. The van der Waals surface area contributed by atoms with Crippen molar-refractivity contribution in [3.8, 4) is 0 Å². The number of ether oxygens (including phenoxy) is 1. The van der Waals surface area contributed by atoms with Crippen molar-refractivity contribution in [2.24, 2.45) is 0 Å². The highest BCUT2D eigenvalue weighted by Crippen LogP contribution is 2.26. The van der Waals surface area contributed by atoms with Crippen LogP contribution in [-0.4, -0.2) is 39.6 Å². The normalized spacial score (nSPS) is 15.9. The molecule has 0 aromatic heterocycles. The number of hydrogen-bond donors (Lipinski definition) is 1. The number of halogens is 2. The number of morpholine rings is 1. The Bertz CT molecular complexity index is 835. The van der Waals surface area contributed by atoms with E-state index in [1.807, 2.05) is 12.1 Å². The van der Waals surface area contributed by atoms with Crippen molar-refractivity contribution >= 4 is 38.9 Å². The fourth-order valence-electron chi connectivity index (χ4n) is 2.55. The third-order valence-electron chi connectivity index (χ3n) is 3.92. The Balaban J connectivity index is 1.68. The summed E-state index contributed by atoms with van der Waals surface area (Å²) in [6.07, 6.45) is 0. The van der Waals surface area contributed by atoms with Crippen LogP contribution in [0, 0.1) is 0 Å². The molecule has 0 saturated carbocycles. The smallest absolute Gasteiger partial charge is 0.261 e. The molecule has 1 aliphatic rings. The van der Waals surface area contributed by atoms with Gasteiger partial charge in [0.2, 0.25) is 0 Å². The Labute approximate surface area is 157 Å². The van der Waals surface area contributed by atoms with Gasteiger partial charge in [-0.1, -0.05) is 35.3 Å². The van der Waals surface area contributed by atoms with Crippen molar-refractivity contribution in [1.82, 2.24) is 4.90 Å². The number of sulfonamides is 1. The second-order valence-electron chi connectivity index (χ2n) is 5.77. The Morgan fingerprint density at radius 3 is 2.32 bits per heavy atom. The van der Waals surface area contributed by atoms with Crippen molar-refractivity contribution in [3.63, 3.8) is 0 Å². The number of rotatable bonds is 5. The van der Waals surface area contributed by atoms with Crippen molar-refractivity contribution in [3.05, 3.63) is 58.1 Å². The van der Waals surface area contributed by atoms with Gasteiger partial charge in [-0.2, -0.15) is 0 Å². The molecule has 2 aromatic carbocycles. The number of hydrogen-bond acceptors (Lipinski definition) is 4. The summed E-state index contributed by atoms with van der Waals surface area (Å²) in [6, 6.07) is 11.6. The molecule has 0 aliphatic carbocycles. The zero-order valence-corrected chi connectivity index (χ0v) is 15.7. The molecule has 8 heteroatoms. The molecule has 3 rings (SSSR count). The highest BCUT2D eigenvalue weighted by molar-refractivity contribution is 7.92. The van der Waals surface area contributed by atoms with Crippen molar-refractivity contribution in [1.29, 1.82) is 0 Å². The molecule has 5 nitrogen and oxygen atoms in total. The third kappa shape index (κ3) is 4.86. The third-order valence-corrected chi connectivity index (χ3v) is 6.04. The van der Waals surface area contributed by atoms with E-state index in [9.17, 15) is 8.42 Å². The lowest BCUT2D eigenvalue weighted by Gasteiger charge is -2.26. The van der Waals surface area contributed by atoms with Crippen LogP contribution in [-0.2, 0) is 21.3 Å². The predicted molar refractivity (Wildman–Crippen MR) is 99.8 cm³/mol. The molecule has 0 amide bonds. The molecule has 25 heavy (non-hydrogen) atoms. The highest BCUT2D eigenvalue weighted by atomic mass is 35.5. The predicted octanol–water partition coefficient (Wildman–Crippen LogP) is 3.63. The molecule has 134 valence electrons. The second-order valence-corrected chi connectivity index (χ2v) is 8.26. The Morgan fingerprint density at radius 2 is 1.68 bits per heavy atom. The van der Waals surface area contributed by atoms with E-state index in [-0.39, 0.29) is 9.92 Å². The van der Waals surface area contributed by atoms with Crippen molar-refractivity contribution in [2.75, 3.05) is 31.0 Å². The molecule has 1 saturated heterocycles. The largest absolute Gasteiger partial charge is 0.379 e. The van der Waals surface area contributed by atoms with Gasteiger partial charge in [0.25, 0.3) is 10.0 Å². The molecule has 1 fully saturated rings. The summed E-state index contributed by atoms with van der Waals surface area (Å²) in [5, 5.41) is 0.512. The Hall–Kier alpha value is -1.31. The van der Waals surface area contributed by atoms with Gasteiger partial charge in [0.15, 0.2) is 0 Å². The van der Waals surface area contributed by atoms with Gasteiger partial charge >= 0.3 is 0 Å². The van der Waals surface area contributed by atoms with Gasteiger partial charge in [0.05, 0.1) is 28.2 Å². The van der Waals surface area contributed by atoms with Gasteiger partial charge in [-0.15, -0.1) is 0 Å². The van der Waals surface area contributed by atoms with Crippen LogP contribution < -0.4 is 4.72 Å². The zero-order chi connectivity index (χ0) is 17.9. The summed E-state index contributed by atoms with van der Waals surface area (Å²) >= 11 is 11.7. The minimum atomic E-state index is -3.71. The zero-order valence-electron chi connectivity index (χ0n) is 13.4. The van der Waals surface area contributed by atoms with Crippen LogP contribution in [0.4, 0.5) is 5.69 Å². The van der Waals surface area contributed by atoms with E-state index in [4.69, 9.17) is 27.9 Å². The molecular weight excluding hydrogens is 383 g/mol.